The lowest BCUT2D eigenvalue weighted by atomic mass is 9.92. The molecule has 0 radical (unpaired) electrons. The quantitative estimate of drug-likeness (QED) is 0.842. The average Bonchev–Trinajstić information content (AvgIpc) is 2.53. The first-order chi connectivity index (χ1) is 10.7. The van der Waals surface area contributed by atoms with Crippen molar-refractivity contribution in [2.24, 2.45) is 0 Å². The Kier molecular flexibility index (Phi) is 4.14. The molecule has 1 amide bonds. The van der Waals surface area contributed by atoms with Gasteiger partial charge in [-0.05, 0) is 36.5 Å². The molecular formula is C17H17N3O2. The van der Waals surface area contributed by atoms with Crippen LogP contribution in [-0.2, 0) is 17.6 Å². The predicted octanol–water partition coefficient (Wildman–Crippen LogP) is 1.46. The van der Waals surface area contributed by atoms with E-state index < -0.39 is 0 Å². The van der Waals surface area contributed by atoms with E-state index in [0.29, 0.717) is 6.42 Å². The van der Waals surface area contributed by atoms with Crippen LogP contribution in [0.5, 0.6) is 0 Å². The molecule has 1 aliphatic rings. The summed E-state index contributed by atoms with van der Waals surface area (Å²) in [5.41, 5.74) is 2.63. The Bertz CT molecular complexity index is 750. The van der Waals surface area contributed by atoms with Gasteiger partial charge in [0.25, 0.3) is 5.56 Å². The van der Waals surface area contributed by atoms with Crippen molar-refractivity contribution in [3.8, 4) is 0 Å². The third-order valence-electron chi connectivity index (χ3n) is 3.75. The fourth-order valence-corrected chi connectivity index (χ4v) is 2.65. The summed E-state index contributed by atoms with van der Waals surface area (Å²) in [6.07, 6.45) is 5.58. The molecule has 1 atom stereocenters. The van der Waals surface area contributed by atoms with Gasteiger partial charge in [0.15, 0.2) is 0 Å². The van der Waals surface area contributed by atoms with Crippen molar-refractivity contribution in [3.05, 3.63) is 69.6 Å². The number of carbonyl (C=O) groups is 1. The lowest BCUT2D eigenvalue weighted by Gasteiger charge is -2.23. The Morgan fingerprint density at radius 2 is 2.14 bits per heavy atom. The van der Waals surface area contributed by atoms with E-state index in [9.17, 15) is 9.59 Å². The second-order valence-electron chi connectivity index (χ2n) is 5.40. The van der Waals surface area contributed by atoms with Gasteiger partial charge >= 0.3 is 0 Å². The molecule has 0 bridgehead atoms. The van der Waals surface area contributed by atoms with Crippen molar-refractivity contribution < 1.29 is 4.79 Å². The van der Waals surface area contributed by atoms with Crippen LogP contribution in [0, 0.1) is 0 Å². The fraction of sp³-hybridized carbons (Fsp3) is 0.235. The Morgan fingerprint density at radius 1 is 1.32 bits per heavy atom. The predicted molar refractivity (Wildman–Crippen MR) is 84.3 cm³/mol. The first-order valence-electron chi connectivity index (χ1n) is 7.32. The van der Waals surface area contributed by atoms with Crippen LogP contribution in [0.25, 0.3) is 6.08 Å². The van der Waals surface area contributed by atoms with Gasteiger partial charge < -0.3 is 5.32 Å². The van der Waals surface area contributed by atoms with Crippen molar-refractivity contribution in [1.29, 1.82) is 0 Å². The molecule has 0 spiro atoms. The van der Waals surface area contributed by atoms with Gasteiger partial charge in [0.1, 0.15) is 0 Å². The highest BCUT2D eigenvalue weighted by atomic mass is 16.1. The van der Waals surface area contributed by atoms with E-state index in [2.05, 4.69) is 15.5 Å². The zero-order valence-electron chi connectivity index (χ0n) is 12.1. The molecule has 0 fully saturated rings. The Morgan fingerprint density at radius 3 is 2.95 bits per heavy atom. The molecule has 0 saturated heterocycles. The number of hydrogen-bond acceptors (Lipinski definition) is 3. The van der Waals surface area contributed by atoms with Crippen molar-refractivity contribution in [1.82, 2.24) is 15.5 Å². The highest BCUT2D eigenvalue weighted by Crippen LogP contribution is 2.17. The number of aromatic nitrogens is 2. The standard InChI is InChI=1S/C17H17N3O2/c21-16(9-6-12-4-2-1-3-5-12)18-14-7-8-15-13(10-14)11-17(22)20-19-15/h1-6,9,11,14H,7-8,10H2,(H,18,21)(H,20,22)/b9-6+/t14-/m1/s1. The van der Waals surface area contributed by atoms with E-state index >= 15 is 0 Å². The molecular weight excluding hydrogens is 278 g/mol. The van der Waals surface area contributed by atoms with Crippen LogP contribution < -0.4 is 10.9 Å². The van der Waals surface area contributed by atoms with Gasteiger partial charge in [0.2, 0.25) is 5.91 Å². The van der Waals surface area contributed by atoms with Crippen molar-refractivity contribution in [2.75, 3.05) is 0 Å². The zero-order chi connectivity index (χ0) is 15.4. The number of nitrogens with one attached hydrogen (secondary N) is 2. The number of rotatable bonds is 3. The second kappa shape index (κ2) is 6.39. The van der Waals surface area contributed by atoms with E-state index in [1.807, 2.05) is 30.3 Å². The molecule has 1 aromatic carbocycles. The van der Waals surface area contributed by atoms with E-state index in [1.165, 1.54) is 0 Å². The van der Waals surface area contributed by atoms with Crippen molar-refractivity contribution in [2.45, 2.75) is 25.3 Å². The van der Waals surface area contributed by atoms with Gasteiger partial charge in [-0.15, -0.1) is 0 Å². The smallest absolute Gasteiger partial charge is 0.264 e. The lowest BCUT2D eigenvalue weighted by Crippen LogP contribution is -2.38. The summed E-state index contributed by atoms with van der Waals surface area (Å²) in [4.78, 5) is 23.3. The van der Waals surface area contributed by atoms with Gasteiger partial charge in [-0.1, -0.05) is 30.3 Å². The molecule has 0 aliphatic heterocycles. The molecule has 0 saturated carbocycles. The number of amides is 1. The molecule has 22 heavy (non-hydrogen) atoms. The zero-order valence-corrected chi connectivity index (χ0v) is 12.1. The number of carbonyl (C=O) groups excluding carboxylic acids is 1. The van der Waals surface area contributed by atoms with Gasteiger partial charge in [-0.2, -0.15) is 5.10 Å². The van der Waals surface area contributed by atoms with Gasteiger partial charge in [0.05, 0.1) is 5.69 Å². The molecule has 3 rings (SSSR count). The number of benzene rings is 1. The molecule has 5 heteroatoms. The first-order valence-corrected chi connectivity index (χ1v) is 7.32. The van der Waals surface area contributed by atoms with Crippen LogP contribution >= 0.6 is 0 Å². The average molecular weight is 295 g/mol. The van der Waals surface area contributed by atoms with E-state index in [4.69, 9.17) is 0 Å². The van der Waals surface area contributed by atoms with E-state index in [0.717, 1.165) is 29.7 Å². The summed E-state index contributed by atoms with van der Waals surface area (Å²) in [6, 6.07) is 11.3. The number of H-pyrrole nitrogens is 1. The van der Waals surface area contributed by atoms with Gasteiger partial charge in [-0.25, -0.2) is 5.10 Å². The summed E-state index contributed by atoms with van der Waals surface area (Å²) in [5, 5.41) is 9.48. The van der Waals surface area contributed by atoms with Crippen LogP contribution in [0.15, 0.2) is 47.3 Å². The lowest BCUT2D eigenvalue weighted by molar-refractivity contribution is -0.117. The normalized spacial score (nSPS) is 17.2. The Labute approximate surface area is 128 Å². The van der Waals surface area contributed by atoms with Crippen LogP contribution in [0.4, 0.5) is 0 Å². The summed E-state index contributed by atoms with van der Waals surface area (Å²) >= 11 is 0. The summed E-state index contributed by atoms with van der Waals surface area (Å²) < 4.78 is 0. The number of nitrogens with zero attached hydrogens (tertiary/aromatic N) is 1. The summed E-state index contributed by atoms with van der Waals surface area (Å²) in [5.74, 6) is -0.116. The van der Waals surface area contributed by atoms with Crippen LogP contribution in [0.1, 0.15) is 23.2 Å². The van der Waals surface area contributed by atoms with Crippen molar-refractivity contribution >= 4 is 12.0 Å². The Hall–Kier alpha value is -2.69. The molecule has 1 heterocycles. The second-order valence-corrected chi connectivity index (χ2v) is 5.40. The number of fused-ring (bicyclic) bond motifs is 1. The maximum atomic E-state index is 12.0. The Balaban J connectivity index is 1.61. The number of aryl methyl sites for hydroxylation is 1. The maximum Gasteiger partial charge on any atom is 0.264 e. The SMILES string of the molecule is O=C(/C=C/c1ccccc1)N[C@@H]1CCc2n[nH]c(=O)cc2C1. The van der Waals surface area contributed by atoms with Gasteiger partial charge in [-0.3, -0.25) is 9.59 Å². The third kappa shape index (κ3) is 3.49. The van der Waals surface area contributed by atoms with Crippen LogP contribution in [-0.4, -0.2) is 22.1 Å². The molecule has 5 nitrogen and oxygen atoms in total. The molecule has 2 aromatic rings. The molecule has 1 aromatic heterocycles. The molecule has 2 N–H and O–H groups in total. The third-order valence-corrected chi connectivity index (χ3v) is 3.75. The number of hydrogen-bond donors (Lipinski definition) is 2. The van der Waals surface area contributed by atoms with Gasteiger partial charge in [0, 0.05) is 18.2 Å². The largest absolute Gasteiger partial charge is 0.349 e. The molecule has 112 valence electrons. The first kappa shape index (κ1) is 14.3. The van der Waals surface area contributed by atoms with E-state index in [1.54, 1.807) is 18.2 Å². The monoisotopic (exact) mass is 295 g/mol. The summed E-state index contributed by atoms with van der Waals surface area (Å²) in [7, 11) is 0. The van der Waals surface area contributed by atoms with Crippen LogP contribution in [0.2, 0.25) is 0 Å². The minimum atomic E-state index is -0.199. The fourth-order valence-electron chi connectivity index (χ4n) is 2.65. The van der Waals surface area contributed by atoms with Crippen LogP contribution in [0.3, 0.4) is 0 Å². The summed E-state index contributed by atoms with van der Waals surface area (Å²) in [6.45, 7) is 0. The topological polar surface area (TPSA) is 74.8 Å². The maximum absolute atomic E-state index is 12.0. The molecule has 1 aliphatic carbocycles. The van der Waals surface area contributed by atoms with E-state index in [-0.39, 0.29) is 17.5 Å². The highest BCUT2D eigenvalue weighted by Gasteiger charge is 2.20. The molecule has 0 unspecified atom stereocenters. The highest BCUT2D eigenvalue weighted by molar-refractivity contribution is 5.91. The number of aromatic amines is 1. The van der Waals surface area contributed by atoms with Crippen molar-refractivity contribution in [3.63, 3.8) is 0 Å². The minimum Gasteiger partial charge on any atom is -0.349 e. The minimum absolute atomic E-state index is 0.0454.